The number of nitrogens with zero attached hydrogens (tertiary/aromatic N) is 3. The number of rotatable bonds is 2. The maximum absolute atomic E-state index is 9.00. The fourth-order valence-electron chi connectivity index (χ4n) is 2.38. The second-order valence-electron chi connectivity index (χ2n) is 4.91. The molecule has 1 aliphatic rings. The highest BCUT2D eigenvalue weighted by Crippen LogP contribution is 2.20. The maximum Gasteiger partial charge on any atom is 0.174 e. The molecule has 0 amide bonds. The van der Waals surface area contributed by atoms with Gasteiger partial charge in [-0.2, -0.15) is 0 Å². The van der Waals surface area contributed by atoms with Gasteiger partial charge in [0, 0.05) is 38.4 Å². The minimum Gasteiger partial charge on any atom is -0.409 e. The second-order valence-corrected chi connectivity index (χ2v) is 4.91. The van der Waals surface area contributed by atoms with E-state index in [0.717, 1.165) is 18.7 Å². The molecule has 1 aromatic carbocycles. The molecule has 18 heavy (non-hydrogen) atoms. The van der Waals surface area contributed by atoms with Gasteiger partial charge in [0.15, 0.2) is 5.84 Å². The van der Waals surface area contributed by atoms with Gasteiger partial charge in [-0.05, 0) is 43.5 Å². The summed E-state index contributed by atoms with van der Waals surface area (Å²) < 4.78 is 0. The Kier molecular flexibility index (Phi) is 4.07. The van der Waals surface area contributed by atoms with Crippen LogP contribution in [0.2, 0.25) is 0 Å². The first kappa shape index (κ1) is 12.7. The molecule has 1 fully saturated rings. The van der Waals surface area contributed by atoms with Gasteiger partial charge in [-0.1, -0.05) is 5.16 Å². The normalized spacial score (nSPS) is 16.8. The van der Waals surface area contributed by atoms with Crippen LogP contribution in [-0.4, -0.2) is 43.1 Å². The lowest BCUT2D eigenvalue weighted by molar-refractivity contribution is 0.310. The summed E-state index contributed by atoms with van der Waals surface area (Å²) in [5.74, 6) is 0.584. The molecule has 1 N–H and O–H groups in total. The smallest absolute Gasteiger partial charge is 0.174 e. The molecule has 0 spiro atoms. The Morgan fingerprint density at radius 2 is 1.72 bits per heavy atom. The van der Waals surface area contributed by atoms with Gasteiger partial charge < -0.3 is 15.0 Å². The van der Waals surface area contributed by atoms with Gasteiger partial charge >= 0.3 is 0 Å². The van der Waals surface area contributed by atoms with Crippen molar-refractivity contribution in [1.29, 1.82) is 0 Å². The lowest BCUT2D eigenvalue weighted by atomic mass is 10.1. The Labute approximate surface area is 109 Å². The SMILES string of the molecule is CN(C)/C(=N\O)c1ccc(N2CCCCC2)cc1. The first-order valence-corrected chi connectivity index (χ1v) is 6.47. The summed E-state index contributed by atoms with van der Waals surface area (Å²) in [6, 6.07) is 8.24. The number of hydrogen-bond donors (Lipinski definition) is 1. The molecule has 0 aliphatic carbocycles. The van der Waals surface area contributed by atoms with E-state index in [1.165, 1.54) is 24.9 Å². The highest BCUT2D eigenvalue weighted by molar-refractivity contribution is 5.98. The number of benzene rings is 1. The first-order chi connectivity index (χ1) is 8.72. The molecular formula is C14H21N3O. The largest absolute Gasteiger partial charge is 0.409 e. The topological polar surface area (TPSA) is 39.1 Å². The molecule has 98 valence electrons. The van der Waals surface area contributed by atoms with Crippen molar-refractivity contribution in [2.75, 3.05) is 32.1 Å². The Hall–Kier alpha value is -1.71. The van der Waals surface area contributed by atoms with Crippen LogP contribution in [0.25, 0.3) is 0 Å². The first-order valence-electron chi connectivity index (χ1n) is 6.47. The van der Waals surface area contributed by atoms with E-state index in [-0.39, 0.29) is 0 Å². The van der Waals surface area contributed by atoms with Gasteiger partial charge in [-0.15, -0.1) is 0 Å². The zero-order chi connectivity index (χ0) is 13.0. The van der Waals surface area contributed by atoms with E-state index in [1.54, 1.807) is 4.90 Å². The van der Waals surface area contributed by atoms with Crippen LogP contribution in [0.4, 0.5) is 5.69 Å². The van der Waals surface area contributed by atoms with Crippen molar-refractivity contribution in [3.8, 4) is 0 Å². The molecule has 1 aliphatic heterocycles. The zero-order valence-electron chi connectivity index (χ0n) is 11.1. The van der Waals surface area contributed by atoms with Crippen molar-refractivity contribution >= 4 is 11.5 Å². The fraction of sp³-hybridized carbons (Fsp3) is 0.500. The highest BCUT2D eigenvalue weighted by Gasteiger charge is 2.12. The Balaban J connectivity index is 2.14. The number of hydrogen-bond acceptors (Lipinski definition) is 3. The Morgan fingerprint density at radius 3 is 2.22 bits per heavy atom. The molecule has 0 unspecified atom stereocenters. The summed E-state index contributed by atoms with van der Waals surface area (Å²) in [6.45, 7) is 2.29. The summed E-state index contributed by atoms with van der Waals surface area (Å²) >= 11 is 0. The van der Waals surface area contributed by atoms with E-state index >= 15 is 0 Å². The molecule has 0 radical (unpaired) electrons. The van der Waals surface area contributed by atoms with E-state index in [1.807, 2.05) is 26.2 Å². The van der Waals surface area contributed by atoms with Gasteiger partial charge in [0.2, 0.25) is 0 Å². The maximum atomic E-state index is 9.00. The predicted molar refractivity (Wildman–Crippen MR) is 74.5 cm³/mol. The zero-order valence-corrected chi connectivity index (χ0v) is 11.1. The Morgan fingerprint density at radius 1 is 1.11 bits per heavy atom. The molecule has 4 nitrogen and oxygen atoms in total. The monoisotopic (exact) mass is 247 g/mol. The molecular weight excluding hydrogens is 226 g/mol. The molecule has 4 heteroatoms. The van der Waals surface area contributed by atoms with Crippen LogP contribution in [0.3, 0.4) is 0 Å². The lowest BCUT2D eigenvalue weighted by Gasteiger charge is -2.29. The number of oxime groups is 1. The van der Waals surface area contributed by atoms with E-state index in [4.69, 9.17) is 5.21 Å². The molecule has 2 rings (SSSR count). The molecule has 0 aromatic heterocycles. The van der Waals surface area contributed by atoms with Gasteiger partial charge in [-0.25, -0.2) is 0 Å². The second kappa shape index (κ2) is 5.76. The number of piperidine rings is 1. The van der Waals surface area contributed by atoms with E-state index in [2.05, 4.69) is 22.2 Å². The average molecular weight is 247 g/mol. The Bertz CT molecular complexity index is 406. The third-order valence-electron chi connectivity index (χ3n) is 3.37. The predicted octanol–water partition coefficient (Wildman–Crippen LogP) is 2.37. The molecule has 0 atom stereocenters. The van der Waals surface area contributed by atoms with Crippen molar-refractivity contribution in [3.63, 3.8) is 0 Å². The molecule has 1 aromatic rings. The van der Waals surface area contributed by atoms with Gasteiger partial charge in [0.1, 0.15) is 0 Å². The number of anilines is 1. The fourth-order valence-corrected chi connectivity index (χ4v) is 2.38. The third-order valence-corrected chi connectivity index (χ3v) is 3.37. The van der Waals surface area contributed by atoms with E-state index < -0.39 is 0 Å². The third kappa shape index (κ3) is 2.75. The average Bonchev–Trinajstić information content (AvgIpc) is 2.41. The lowest BCUT2D eigenvalue weighted by Crippen LogP contribution is -2.29. The van der Waals surface area contributed by atoms with Crippen LogP contribution in [0.15, 0.2) is 29.4 Å². The number of amidine groups is 1. The summed E-state index contributed by atoms with van der Waals surface area (Å²) in [5, 5.41) is 12.3. The van der Waals surface area contributed by atoms with Crippen LogP contribution in [0.5, 0.6) is 0 Å². The van der Waals surface area contributed by atoms with Crippen LogP contribution >= 0.6 is 0 Å². The summed E-state index contributed by atoms with van der Waals surface area (Å²) in [4.78, 5) is 4.22. The van der Waals surface area contributed by atoms with Crippen molar-refractivity contribution in [2.45, 2.75) is 19.3 Å². The summed E-state index contributed by atoms with van der Waals surface area (Å²) in [7, 11) is 3.74. The van der Waals surface area contributed by atoms with Crippen LogP contribution in [0.1, 0.15) is 24.8 Å². The van der Waals surface area contributed by atoms with Crippen LogP contribution in [0, 0.1) is 0 Å². The highest BCUT2D eigenvalue weighted by atomic mass is 16.4. The van der Waals surface area contributed by atoms with Crippen molar-refractivity contribution < 1.29 is 5.21 Å². The van der Waals surface area contributed by atoms with Gasteiger partial charge in [0.05, 0.1) is 0 Å². The van der Waals surface area contributed by atoms with Crippen molar-refractivity contribution in [1.82, 2.24) is 4.90 Å². The standard InChI is InChI=1S/C14H21N3O/c1-16(2)14(15-18)12-6-8-13(9-7-12)17-10-4-3-5-11-17/h6-9,18H,3-5,10-11H2,1-2H3/b15-14-. The van der Waals surface area contributed by atoms with Crippen molar-refractivity contribution in [2.24, 2.45) is 5.16 Å². The van der Waals surface area contributed by atoms with Crippen LogP contribution < -0.4 is 4.90 Å². The van der Waals surface area contributed by atoms with Crippen molar-refractivity contribution in [3.05, 3.63) is 29.8 Å². The molecule has 0 saturated carbocycles. The molecule has 1 heterocycles. The van der Waals surface area contributed by atoms with E-state index in [0.29, 0.717) is 5.84 Å². The minimum absolute atomic E-state index is 0.584. The quantitative estimate of drug-likeness (QED) is 0.377. The van der Waals surface area contributed by atoms with E-state index in [9.17, 15) is 0 Å². The minimum atomic E-state index is 0.584. The van der Waals surface area contributed by atoms with Gasteiger partial charge in [-0.3, -0.25) is 0 Å². The summed E-state index contributed by atoms with van der Waals surface area (Å²) in [5.41, 5.74) is 2.19. The molecule has 0 bridgehead atoms. The summed E-state index contributed by atoms with van der Waals surface area (Å²) in [6.07, 6.45) is 3.90. The van der Waals surface area contributed by atoms with Crippen LogP contribution in [-0.2, 0) is 0 Å². The van der Waals surface area contributed by atoms with Gasteiger partial charge in [0.25, 0.3) is 0 Å². The molecule has 1 saturated heterocycles.